The van der Waals surface area contributed by atoms with Crippen molar-refractivity contribution in [2.45, 2.75) is 46.6 Å². The fourth-order valence-corrected chi connectivity index (χ4v) is 3.55. The monoisotopic (exact) mass is 463 g/mol. The van der Waals surface area contributed by atoms with Crippen molar-refractivity contribution in [2.75, 3.05) is 33.4 Å². The van der Waals surface area contributed by atoms with Gasteiger partial charge in [0.05, 0.1) is 18.8 Å². The van der Waals surface area contributed by atoms with Crippen LogP contribution in [0.1, 0.15) is 44.1 Å². The van der Waals surface area contributed by atoms with Gasteiger partial charge < -0.3 is 15.0 Å². The average molecular weight is 463 g/mol. The molecule has 25 heavy (non-hydrogen) atoms. The molecule has 1 fully saturated rings. The van der Waals surface area contributed by atoms with Crippen LogP contribution in [0.25, 0.3) is 0 Å². The highest BCUT2D eigenvalue weighted by Gasteiger charge is 2.25. The number of nitrogens with zero attached hydrogens (tertiary/aromatic N) is 4. The summed E-state index contributed by atoms with van der Waals surface area (Å²) in [6, 6.07) is 0. The van der Waals surface area contributed by atoms with Crippen LogP contribution in [0.3, 0.4) is 0 Å². The maximum Gasteiger partial charge on any atom is 0.194 e. The summed E-state index contributed by atoms with van der Waals surface area (Å²) < 4.78 is 7.32. The second-order valence-electron chi connectivity index (χ2n) is 6.43. The highest BCUT2D eigenvalue weighted by Crippen LogP contribution is 2.19. The van der Waals surface area contributed by atoms with Crippen molar-refractivity contribution in [1.29, 1.82) is 0 Å². The Morgan fingerprint density at radius 3 is 2.68 bits per heavy atom. The molecule has 1 aliphatic heterocycles. The van der Waals surface area contributed by atoms with E-state index in [2.05, 4.69) is 36.1 Å². The topological polar surface area (TPSA) is 54.7 Å². The molecule has 0 aromatic carbocycles. The number of methoxy groups -OCH3 is 1. The number of rotatable bonds is 7. The number of hydrogen-bond acceptors (Lipinski definition) is 3. The Kier molecular flexibility index (Phi) is 9.78. The summed E-state index contributed by atoms with van der Waals surface area (Å²) in [5.41, 5.74) is 3.77. The van der Waals surface area contributed by atoms with Crippen LogP contribution in [0.5, 0.6) is 0 Å². The van der Waals surface area contributed by atoms with Crippen LogP contribution < -0.4 is 5.32 Å². The number of aliphatic imine (C=N–C) groups is 1. The van der Waals surface area contributed by atoms with Gasteiger partial charge in [0.2, 0.25) is 0 Å². The highest BCUT2D eigenvalue weighted by atomic mass is 127. The normalized spacial score (nSPS) is 17.7. The molecule has 0 bridgehead atoms. The lowest BCUT2D eigenvalue weighted by Crippen LogP contribution is -2.40. The van der Waals surface area contributed by atoms with E-state index in [1.54, 1.807) is 7.11 Å². The predicted octanol–water partition coefficient (Wildman–Crippen LogP) is 2.60. The molecule has 0 aliphatic carbocycles. The number of aromatic nitrogens is 2. The van der Waals surface area contributed by atoms with E-state index in [4.69, 9.17) is 9.73 Å². The van der Waals surface area contributed by atoms with Gasteiger partial charge in [0.1, 0.15) is 0 Å². The molecule has 2 heterocycles. The summed E-state index contributed by atoms with van der Waals surface area (Å²) in [5.74, 6) is 1.62. The number of likely N-dealkylation sites (tertiary alicyclic amines) is 1. The Bertz CT molecular complexity index is 558. The van der Waals surface area contributed by atoms with Gasteiger partial charge in [0.15, 0.2) is 5.96 Å². The van der Waals surface area contributed by atoms with Crippen molar-refractivity contribution in [3.8, 4) is 0 Å². The SMILES string of the molecule is CCNC(=NCc1c(CC)nn(C)c1CC)N1CCC(COC)C1.I. The summed E-state index contributed by atoms with van der Waals surface area (Å²) in [5, 5.41) is 8.10. The molecule has 144 valence electrons. The Hall–Kier alpha value is -0.830. The molecule has 0 spiro atoms. The Morgan fingerprint density at radius 1 is 1.32 bits per heavy atom. The summed E-state index contributed by atoms with van der Waals surface area (Å²) in [6.45, 7) is 11.0. The van der Waals surface area contributed by atoms with Gasteiger partial charge in [-0.1, -0.05) is 13.8 Å². The first-order chi connectivity index (χ1) is 11.6. The Morgan fingerprint density at radius 2 is 2.08 bits per heavy atom. The minimum Gasteiger partial charge on any atom is -0.384 e. The summed E-state index contributed by atoms with van der Waals surface area (Å²) in [4.78, 5) is 7.29. The number of ether oxygens (including phenoxy) is 1. The van der Waals surface area contributed by atoms with Crippen molar-refractivity contribution >= 4 is 29.9 Å². The molecule has 1 saturated heterocycles. The van der Waals surface area contributed by atoms with Crippen LogP contribution in [-0.2, 0) is 31.2 Å². The molecule has 1 aromatic rings. The largest absolute Gasteiger partial charge is 0.384 e. The van der Waals surface area contributed by atoms with Gasteiger partial charge in [0.25, 0.3) is 0 Å². The quantitative estimate of drug-likeness (QED) is 0.384. The van der Waals surface area contributed by atoms with Crippen molar-refractivity contribution in [2.24, 2.45) is 18.0 Å². The molecule has 0 saturated carbocycles. The molecular formula is C18H34IN5O. The van der Waals surface area contributed by atoms with Gasteiger partial charge in [-0.25, -0.2) is 4.99 Å². The van der Waals surface area contributed by atoms with Crippen LogP contribution in [0.15, 0.2) is 4.99 Å². The van der Waals surface area contributed by atoms with Gasteiger partial charge in [-0.15, -0.1) is 24.0 Å². The lowest BCUT2D eigenvalue weighted by molar-refractivity contribution is 0.157. The maximum absolute atomic E-state index is 5.31. The average Bonchev–Trinajstić information content (AvgIpc) is 3.15. The zero-order valence-corrected chi connectivity index (χ0v) is 18.7. The maximum atomic E-state index is 5.31. The molecule has 6 nitrogen and oxygen atoms in total. The second kappa shape index (κ2) is 11.0. The number of halogens is 1. The predicted molar refractivity (Wildman–Crippen MR) is 114 cm³/mol. The molecule has 1 aromatic heterocycles. The fraction of sp³-hybridized carbons (Fsp3) is 0.778. The first-order valence-electron chi connectivity index (χ1n) is 9.20. The van der Waals surface area contributed by atoms with Crippen LogP contribution in [0.2, 0.25) is 0 Å². The van der Waals surface area contributed by atoms with Gasteiger partial charge in [-0.3, -0.25) is 4.68 Å². The summed E-state index contributed by atoms with van der Waals surface area (Å²) >= 11 is 0. The van der Waals surface area contributed by atoms with Crippen LogP contribution in [0.4, 0.5) is 0 Å². The lowest BCUT2D eigenvalue weighted by atomic mass is 10.1. The smallest absolute Gasteiger partial charge is 0.194 e. The molecule has 1 unspecified atom stereocenters. The number of nitrogens with one attached hydrogen (secondary N) is 1. The standard InChI is InChI=1S/C18H33N5O.HI/c1-6-16-15(17(7-2)22(4)21-16)11-20-18(19-8-3)23-10-9-14(12-23)13-24-5;/h14H,6-13H2,1-5H3,(H,19,20);1H. The third-order valence-electron chi connectivity index (χ3n) is 4.74. The van der Waals surface area contributed by atoms with Gasteiger partial charge >= 0.3 is 0 Å². The van der Waals surface area contributed by atoms with E-state index in [9.17, 15) is 0 Å². The molecule has 0 amide bonds. The van der Waals surface area contributed by atoms with Crippen molar-refractivity contribution in [1.82, 2.24) is 20.0 Å². The van der Waals surface area contributed by atoms with Crippen molar-refractivity contribution in [3.63, 3.8) is 0 Å². The third-order valence-corrected chi connectivity index (χ3v) is 4.74. The van der Waals surface area contributed by atoms with Gasteiger partial charge in [-0.05, 0) is 26.2 Å². The van der Waals surface area contributed by atoms with Gasteiger partial charge in [0, 0.05) is 51.0 Å². The van der Waals surface area contributed by atoms with Crippen LogP contribution in [0, 0.1) is 5.92 Å². The Labute approximate surface area is 169 Å². The van der Waals surface area contributed by atoms with E-state index in [0.29, 0.717) is 12.5 Å². The summed E-state index contributed by atoms with van der Waals surface area (Å²) in [7, 11) is 3.81. The van der Waals surface area contributed by atoms with E-state index in [1.165, 1.54) is 23.4 Å². The summed E-state index contributed by atoms with van der Waals surface area (Å²) in [6.07, 6.45) is 3.12. The molecule has 0 radical (unpaired) electrons. The van der Waals surface area contributed by atoms with Crippen molar-refractivity contribution < 1.29 is 4.74 Å². The van der Waals surface area contributed by atoms with Crippen LogP contribution >= 0.6 is 24.0 Å². The fourth-order valence-electron chi connectivity index (χ4n) is 3.55. The molecule has 7 heteroatoms. The number of hydrogen-bond donors (Lipinski definition) is 1. The molecule has 1 N–H and O–H groups in total. The minimum atomic E-state index is 0. The molecule has 1 atom stereocenters. The number of aryl methyl sites for hydroxylation is 2. The molecule has 1 aliphatic rings. The third kappa shape index (κ3) is 5.57. The molecule has 2 rings (SSSR count). The van der Waals surface area contributed by atoms with E-state index < -0.39 is 0 Å². The Balaban J connectivity index is 0.00000312. The number of guanidine groups is 1. The zero-order valence-electron chi connectivity index (χ0n) is 16.3. The van der Waals surface area contributed by atoms with Crippen LogP contribution in [-0.4, -0.2) is 54.0 Å². The molecular weight excluding hydrogens is 429 g/mol. The van der Waals surface area contributed by atoms with E-state index in [-0.39, 0.29) is 24.0 Å². The minimum absolute atomic E-state index is 0. The van der Waals surface area contributed by atoms with E-state index in [1.807, 2.05) is 11.7 Å². The lowest BCUT2D eigenvalue weighted by Gasteiger charge is -2.21. The van der Waals surface area contributed by atoms with E-state index in [0.717, 1.165) is 45.0 Å². The highest BCUT2D eigenvalue weighted by molar-refractivity contribution is 14.0. The van der Waals surface area contributed by atoms with Crippen molar-refractivity contribution in [3.05, 3.63) is 17.0 Å². The first kappa shape index (κ1) is 22.2. The second-order valence-corrected chi connectivity index (χ2v) is 6.43. The first-order valence-corrected chi connectivity index (χ1v) is 9.20. The van der Waals surface area contributed by atoms with E-state index >= 15 is 0 Å². The van der Waals surface area contributed by atoms with Gasteiger partial charge in [-0.2, -0.15) is 5.10 Å². The zero-order chi connectivity index (χ0) is 17.5.